The van der Waals surface area contributed by atoms with Crippen LogP contribution in [-0.4, -0.2) is 111 Å². The number of esters is 4. The summed E-state index contributed by atoms with van der Waals surface area (Å²) in [5, 5.41) is 43.3. The highest BCUT2D eigenvalue weighted by Crippen LogP contribution is 2.67. The predicted molar refractivity (Wildman–Crippen MR) is 255 cm³/mol. The van der Waals surface area contributed by atoms with Crippen molar-refractivity contribution in [2.45, 2.75) is 141 Å². The number of hydrogen-bond donors (Lipinski definition) is 5. The Labute approximate surface area is 417 Å². The van der Waals surface area contributed by atoms with Gasteiger partial charge < -0.3 is 54.4 Å². The maximum absolute atomic E-state index is 15.3. The Bertz CT molecular complexity index is 2580. The van der Waals surface area contributed by atoms with Crippen LogP contribution in [0.3, 0.4) is 0 Å². The molecule has 18 nitrogen and oxygen atoms in total. The van der Waals surface area contributed by atoms with Crippen LogP contribution in [0, 0.1) is 22.7 Å². The number of benzene rings is 3. The van der Waals surface area contributed by atoms with Gasteiger partial charge in [0, 0.05) is 24.7 Å². The number of amides is 2. The number of fused-ring (bicyclic) bond motifs is 5. The number of alkyl carbamates (subject to hydrolysis) is 2. The van der Waals surface area contributed by atoms with Crippen LogP contribution in [-0.2, 0) is 54.2 Å². The van der Waals surface area contributed by atoms with Crippen LogP contribution in [0.2, 0.25) is 0 Å². The fourth-order valence-corrected chi connectivity index (χ4v) is 11.3. The van der Waals surface area contributed by atoms with Crippen molar-refractivity contribution in [1.29, 1.82) is 0 Å². The molecule has 3 aromatic carbocycles. The maximum Gasteiger partial charge on any atom is 0.408 e. The van der Waals surface area contributed by atoms with Gasteiger partial charge in [0.1, 0.15) is 54.3 Å². The van der Waals surface area contributed by atoms with E-state index >= 15 is 9.59 Å². The van der Waals surface area contributed by atoms with Crippen molar-refractivity contribution in [3.8, 4) is 0 Å². The molecule has 3 fully saturated rings. The second-order valence-electron chi connectivity index (χ2n) is 20.9. The van der Waals surface area contributed by atoms with Crippen LogP contribution < -0.4 is 10.6 Å². The van der Waals surface area contributed by atoms with Gasteiger partial charge in [-0.2, -0.15) is 0 Å². The van der Waals surface area contributed by atoms with Gasteiger partial charge in [-0.25, -0.2) is 19.2 Å². The van der Waals surface area contributed by atoms with Gasteiger partial charge in [-0.3, -0.25) is 14.4 Å². The molecule has 72 heavy (non-hydrogen) atoms. The number of nitrogens with one attached hydrogen (secondary N) is 2. The van der Waals surface area contributed by atoms with E-state index < -0.39 is 131 Å². The second kappa shape index (κ2) is 20.5. The summed E-state index contributed by atoms with van der Waals surface area (Å²) in [4.78, 5) is 97.9. The minimum atomic E-state index is -2.42. The molecule has 0 saturated heterocycles. The molecule has 2 amide bonds. The first-order chi connectivity index (χ1) is 33.8. The Morgan fingerprint density at radius 3 is 2.04 bits per heavy atom. The van der Waals surface area contributed by atoms with Crippen LogP contribution >= 0.6 is 0 Å². The Hall–Kier alpha value is -6.63. The van der Waals surface area contributed by atoms with Crippen molar-refractivity contribution in [3.63, 3.8) is 0 Å². The van der Waals surface area contributed by atoms with Crippen LogP contribution in [0.15, 0.2) is 102 Å². The van der Waals surface area contributed by atoms with Gasteiger partial charge in [-0.1, -0.05) is 92.7 Å². The van der Waals surface area contributed by atoms with Gasteiger partial charge in [-0.15, -0.1) is 0 Å². The molecule has 4 aliphatic rings. The summed E-state index contributed by atoms with van der Waals surface area (Å²) in [5.74, 6) is -7.07. The molecule has 0 heterocycles. The highest BCUT2D eigenvalue weighted by atomic mass is 16.6. The van der Waals surface area contributed by atoms with Gasteiger partial charge in [-0.05, 0) is 88.3 Å². The number of ether oxygens (including phenoxy) is 6. The standard InChI is InChI=1S/C54H64N2O16/c1-30-36(68-47(63)42(40(33-20-14-10-15-21-33)56-49(65)72-50(3,4)5)69-38(59)28-55-48(64)67-29-32-18-12-9-13-19-32)27-54(66)45(70-46(62)34-22-16-11-17-23-34)43-52(8,44(61)41(60)39(30)51(54,6)7)37(58)26-35-24-25-53(35,43)71-31(2)57/h9-23,35-37,40-43,45,58,60,66H,24-29H2,1-8H3,(H,55,64)(H,56,65)/t35-,36+,37+,40+,41-,42-,43+,45+,52-,53+,54+/m1/s1. The topological polar surface area (TPSA) is 260 Å². The van der Waals surface area contributed by atoms with Crippen molar-refractivity contribution in [1.82, 2.24) is 10.6 Å². The smallest absolute Gasteiger partial charge is 0.408 e. The van der Waals surface area contributed by atoms with Crippen LogP contribution in [0.5, 0.6) is 0 Å². The monoisotopic (exact) mass is 996 g/mol. The quantitative estimate of drug-likeness (QED) is 0.0776. The first-order valence-corrected chi connectivity index (χ1v) is 24.0. The Kier molecular flexibility index (Phi) is 15.1. The third kappa shape index (κ3) is 10.2. The van der Waals surface area contributed by atoms with Crippen molar-refractivity contribution in [2.75, 3.05) is 6.54 Å². The normalized spacial score (nSPS) is 29.1. The number of aliphatic hydroxyl groups is 3. The van der Waals surface area contributed by atoms with Gasteiger partial charge in [0.2, 0.25) is 6.10 Å². The molecular formula is C54H64N2O16. The van der Waals surface area contributed by atoms with E-state index in [1.165, 1.54) is 32.9 Å². The number of carbonyl (C=O) groups is 7. The lowest BCUT2D eigenvalue weighted by atomic mass is 9.41. The van der Waals surface area contributed by atoms with Crippen molar-refractivity contribution >= 4 is 41.8 Å². The summed E-state index contributed by atoms with van der Waals surface area (Å²) in [7, 11) is 0. The molecule has 0 aromatic heterocycles. The number of aliphatic hydroxyl groups excluding tert-OH is 2. The summed E-state index contributed by atoms with van der Waals surface area (Å²) in [5.41, 5.74) is -7.77. The van der Waals surface area contributed by atoms with E-state index in [2.05, 4.69) is 10.6 Å². The largest absolute Gasteiger partial charge is 0.458 e. The molecule has 0 aliphatic heterocycles. The highest BCUT2D eigenvalue weighted by molar-refractivity contribution is 5.94. The molecule has 7 rings (SSSR count). The first-order valence-electron chi connectivity index (χ1n) is 24.0. The molecular weight excluding hydrogens is 933 g/mol. The third-order valence-electron chi connectivity index (χ3n) is 15.0. The zero-order chi connectivity index (χ0) is 52.6. The fraction of sp³-hybridized carbons (Fsp3) is 0.500. The molecule has 3 aromatic rings. The Morgan fingerprint density at radius 2 is 1.46 bits per heavy atom. The summed E-state index contributed by atoms with van der Waals surface area (Å²) < 4.78 is 35.5. The zero-order valence-corrected chi connectivity index (χ0v) is 41.7. The summed E-state index contributed by atoms with van der Waals surface area (Å²) in [6.45, 7) is 11.1. The number of hydrogen-bond acceptors (Lipinski definition) is 16. The minimum Gasteiger partial charge on any atom is -0.458 e. The molecule has 0 radical (unpaired) electrons. The number of rotatable bonds is 13. The molecule has 18 heteroatoms. The van der Waals surface area contributed by atoms with Gasteiger partial charge >= 0.3 is 36.1 Å². The molecule has 0 spiro atoms. The van der Waals surface area contributed by atoms with Crippen LogP contribution in [0.4, 0.5) is 9.59 Å². The van der Waals surface area contributed by atoms with Gasteiger partial charge in [0.05, 0.1) is 23.0 Å². The highest BCUT2D eigenvalue weighted by Gasteiger charge is 2.77. The SMILES string of the molecule is CC(=O)O[C@@]12CC[C@@H]1C[C@H](O)[C@@]1(C)C(=O)[C@H](O)C3=C(C)[C@@H](OC(=O)[C@H](OC(=O)CNC(=O)OCc4ccccc4)[C@@H](NC(=O)OC(C)(C)C)c4ccccc4)C[C@](O)([C@@H](OC(=O)c4ccccc4)[C@H]21)C3(C)C. The number of Topliss-reactive ketones (excluding diaryl/α,β-unsaturated/α-hetero) is 1. The maximum atomic E-state index is 15.3. The minimum absolute atomic E-state index is 0.0113. The lowest BCUT2D eigenvalue weighted by Crippen LogP contribution is -2.78. The van der Waals surface area contributed by atoms with E-state index in [1.807, 2.05) is 0 Å². The average Bonchev–Trinajstić information content (AvgIpc) is 3.32. The third-order valence-corrected chi connectivity index (χ3v) is 15.0. The zero-order valence-electron chi connectivity index (χ0n) is 41.7. The van der Waals surface area contributed by atoms with E-state index in [-0.39, 0.29) is 41.7 Å². The number of ketones is 1. The summed E-state index contributed by atoms with van der Waals surface area (Å²) in [6, 6.07) is 23.1. The molecule has 0 unspecified atom stereocenters. The molecule has 11 atom stereocenters. The number of carbonyl (C=O) groups excluding carboxylic acids is 7. The lowest BCUT2D eigenvalue weighted by Gasteiger charge is -2.68. The van der Waals surface area contributed by atoms with E-state index in [4.69, 9.17) is 28.4 Å². The second-order valence-corrected chi connectivity index (χ2v) is 20.9. The van der Waals surface area contributed by atoms with Gasteiger partial charge in [0.25, 0.3) is 0 Å². The van der Waals surface area contributed by atoms with E-state index in [0.717, 1.165) is 0 Å². The van der Waals surface area contributed by atoms with E-state index in [9.17, 15) is 39.3 Å². The Morgan fingerprint density at radius 1 is 0.847 bits per heavy atom. The first kappa shape index (κ1) is 53.2. The lowest BCUT2D eigenvalue weighted by molar-refractivity contribution is -0.296. The van der Waals surface area contributed by atoms with Crippen molar-refractivity contribution < 1.29 is 77.3 Å². The summed E-state index contributed by atoms with van der Waals surface area (Å²) >= 11 is 0. The van der Waals surface area contributed by atoms with E-state index in [0.29, 0.717) is 12.0 Å². The molecule has 2 bridgehead atoms. The fourth-order valence-electron chi connectivity index (χ4n) is 11.3. The van der Waals surface area contributed by atoms with Crippen molar-refractivity contribution in [2.24, 2.45) is 22.7 Å². The van der Waals surface area contributed by atoms with Crippen molar-refractivity contribution in [3.05, 3.63) is 119 Å². The molecule has 5 N–H and O–H groups in total. The van der Waals surface area contributed by atoms with Gasteiger partial charge in [0.15, 0.2) is 5.78 Å². The van der Waals surface area contributed by atoms with Crippen LogP contribution in [0.25, 0.3) is 0 Å². The molecule has 3 saturated carbocycles. The van der Waals surface area contributed by atoms with Crippen LogP contribution in [0.1, 0.15) is 109 Å². The average molecular weight is 997 g/mol. The predicted octanol–water partition coefficient (Wildman–Crippen LogP) is 5.75. The molecule has 4 aliphatic carbocycles. The molecule has 386 valence electrons. The Balaban J connectivity index is 1.31. The summed E-state index contributed by atoms with van der Waals surface area (Å²) in [6.07, 6.45) is -11.0. The van der Waals surface area contributed by atoms with E-state index in [1.54, 1.807) is 113 Å².